The number of hydrogen-bond donors (Lipinski definition) is 2. The topological polar surface area (TPSA) is 51.2 Å². The summed E-state index contributed by atoms with van der Waals surface area (Å²) in [6, 6.07) is 3.68. The monoisotopic (exact) mass is 242 g/mol. The predicted octanol–water partition coefficient (Wildman–Crippen LogP) is 1.96. The molecule has 3 nitrogen and oxygen atoms in total. The molecular weight excluding hydrogens is 232 g/mol. The van der Waals surface area contributed by atoms with Gasteiger partial charge in [0.25, 0.3) is 0 Å². The number of halogens is 1. The SMILES string of the molecule is C#CCCC(NN)c1ccc(Br)o1. The van der Waals surface area contributed by atoms with E-state index in [1.54, 1.807) is 0 Å². The van der Waals surface area contributed by atoms with Crippen LogP contribution in [0.3, 0.4) is 0 Å². The summed E-state index contributed by atoms with van der Waals surface area (Å²) in [6.45, 7) is 0. The van der Waals surface area contributed by atoms with Crippen LogP contribution in [0.5, 0.6) is 0 Å². The predicted molar refractivity (Wildman–Crippen MR) is 54.5 cm³/mol. The number of hydrazine groups is 1. The number of nitrogens with one attached hydrogen (secondary N) is 1. The third kappa shape index (κ3) is 2.88. The minimum Gasteiger partial charge on any atom is -0.453 e. The molecule has 0 amide bonds. The molecule has 1 unspecified atom stereocenters. The molecule has 0 aliphatic heterocycles. The second-order valence-electron chi connectivity index (χ2n) is 2.60. The van der Waals surface area contributed by atoms with Crippen molar-refractivity contribution in [1.82, 2.24) is 5.43 Å². The van der Waals surface area contributed by atoms with Gasteiger partial charge in [-0.05, 0) is 34.5 Å². The molecule has 0 aromatic carbocycles. The van der Waals surface area contributed by atoms with E-state index in [0.717, 1.165) is 12.2 Å². The highest BCUT2D eigenvalue weighted by Crippen LogP contribution is 2.22. The summed E-state index contributed by atoms with van der Waals surface area (Å²) in [5.41, 5.74) is 2.66. The quantitative estimate of drug-likeness (QED) is 0.482. The van der Waals surface area contributed by atoms with Crippen LogP contribution in [-0.4, -0.2) is 0 Å². The van der Waals surface area contributed by atoms with Gasteiger partial charge in [0.15, 0.2) is 4.67 Å². The molecule has 0 saturated carbocycles. The molecule has 0 fully saturated rings. The van der Waals surface area contributed by atoms with Crippen molar-refractivity contribution in [3.63, 3.8) is 0 Å². The van der Waals surface area contributed by atoms with Crippen LogP contribution in [0.15, 0.2) is 21.2 Å². The largest absolute Gasteiger partial charge is 0.453 e. The Hall–Kier alpha value is -0.760. The highest BCUT2D eigenvalue weighted by atomic mass is 79.9. The van der Waals surface area contributed by atoms with Crippen LogP contribution in [0, 0.1) is 12.3 Å². The molecule has 13 heavy (non-hydrogen) atoms. The van der Waals surface area contributed by atoms with Crippen molar-refractivity contribution < 1.29 is 4.42 Å². The van der Waals surface area contributed by atoms with Gasteiger partial charge < -0.3 is 4.42 Å². The lowest BCUT2D eigenvalue weighted by atomic mass is 10.1. The van der Waals surface area contributed by atoms with E-state index < -0.39 is 0 Å². The zero-order valence-corrected chi connectivity index (χ0v) is 8.67. The molecule has 1 aromatic rings. The molecule has 0 aliphatic rings. The standard InChI is InChI=1S/C9H11BrN2O/c1-2-3-4-7(12-11)8-5-6-9(10)13-8/h1,5-7,12H,3-4,11H2. The zero-order valence-electron chi connectivity index (χ0n) is 7.09. The van der Waals surface area contributed by atoms with Crippen molar-refractivity contribution in [3.05, 3.63) is 22.6 Å². The van der Waals surface area contributed by atoms with Gasteiger partial charge in [0.1, 0.15) is 5.76 Å². The Morgan fingerprint density at radius 1 is 1.69 bits per heavy atom. The fourth-order valence-corrected chi connectivity index (χ4v) is 1.37. The molecule has 4 heteroatoms. The van der Waals surface area contributed by atoms with Crippen molar-refractivity contribution in [2.24, 2.45) is 5.84 Å². The number of rotatable bonds is 4. The van der Waals surface area contributed by atoms with Crippen LogP contribution in [0.4, 0.5) is 0 Å². The Morgan fingerprint density at radius 2 is 2.46 bits per heavy atom. The van der Waals surface area contributed by atoms with Crippen molar-refractivity contribution in [3.8, 4) is 12.3 Å². The van der Waals surface area contributed by atoms with Crippen LogP contribution in [0.25, 0.3) is 0 Å². The van der Waals surface area contributed by atoms with Gasteiger partial charge in [-0.3, -0.25) is 5.84 Å². The summed E-state index contributed by atoms with van der Waals surface area (Å²) < 4.78 is 6.04. The Balaban J connectivity index is 2.62. The Bertz CT molecular complexity index is 303. The molecule has 70 valence electrons. The lowest BCUT2D eigenvalue weighted by Crippen LogP contribution is -2.27. The van der Waals surface area contributed by atoms with Crippen molar-refractivity contribution in [2.75, 3.05) is 0 Å². The van der Waals surface area contributed by atoms with Gasteiger partial charge in [-0.1, -0.05) is 0 Å². The summed E-state index contributed by atoms with van der Waals surface area (Å²) in [7, 11) is 0. The maximum atomic E-state index is 5.36. The molecule has 3 N–H and O–H groups in total. The van der Waals surface area contributed by atoms with E-state index in [2.05, 4.69) is 27.3 Å². The summed E-state index contributed by atoms with van der Waals surface area (Å²) >= 11 is 3.22. The molecule has 1 atom stereocenters. The molecule has 0 spiro atoms. The van der Waals surface area contributed by atoms with Crippen LogP contribution in [0.1, 0.15) is 24.6 Å². The first-order valence-electron chi connectivity index (χ1n) is 3.92. The van der Waals surface area contributed by atoms with Crippen molar-refractivity contribution in [1.29, 1.82) is 0 Å². The lowest BCUT2D eigenvalue weighted by Gasteiger charge is -2.10. The van der Waals surface area contributed by atoms with Crippen molar-refractivity contribution >= 4 is 15.9 Å². The van der Waals surface area contributed by atoms with E-state index in [-0.39, 0.29) is 6.04 Å². The van der Waals surface area contributed by atoms with E-state index in [1.165, 1.54) is 0 Å². The summed E-state index contributed by atoms with van der Waals surface area (Å²) in [4.78, 5) is 0. The molecule has 1 heterocycles. The molecule has 1 aromatic heterocycles. The first kappa shape index (κ1) is 10.3. The Labute approximate surface area is 85.8 Å². The summed E-state index contributed by atoms with van der Waals surface area (Å²) in [5, 5.41) is 0. The third-order valence-electron chi connectivity index (χ3n) is 1.72. The number of hydrogen-bond acceptors (Lipinski definition) is 3. The third-order valence-corrected chi connectivity index (χ3v) is 2.14. The Kier molecular flexibility index (Phi) is 4.03. The van der Waals surface area contributed by atoms with Gasteiger partial charge in [0.05, 0.1) is 6.04 Å². The van der Waals surface area contributed by atoms with Gasteiger partial charge in [-0.2, -0.15) is 0 Å². The minimum atomic E-state index is -0.0117. The van der Waals surface area contributed by atoms with E-state index in [0.29, 0.717) is 11.1 Å². The first-order chi connectivity index (χ1) is 6.27. The van der Waals surface area contributed by atoms with Crippen LogP contribution < -0.4 is 11.3 Å². The van der Waals surface area contributed by atoms with Gasteiger partial charge in [0, 0.05) is 6.42 Å². The molecule has 0 aliphatic carbocycles. The van der Waals surface area contributed by atoms with E-state index in [4.69, 9.17) is 16.7 Å². The van der Waals surface area contributed by atoms with Gasteiger partial charge in [0.2, 0.25) is 0 Å². The fraction of sp³-hybridized carbons (Fsp3) is 0.333. The van der Waals surface area contributed by atoms with Gasteiger partial charge in [-0.25, -0.2) is 5.43 Å². The normalized spacial score (nSPS) is 12.4. The van der Waals surface area contributed by atoms with Gasteiger partial charge in [-0.15, -0.1) is 12.3 Å². The van der Waals surface area contributed by atoms with Crippen LogP contribution in [-0.2, 0) is 0 Å². The highest BCUT2D eigenvalue weighted by molar-refractivity contribution is 9.10. The number of furan rings is 1. The second-order valence-corrected chi connectivity index (χ2v) is 3.39. The summed E-state index contributed by atoms with van der Waals surface area (Å²) in [5.74, 6) is 8.72. The zero-order chi connectivity index (χ0) is 9.68. The van der Waals surface area contributed by atoms with Crippen LogP contribution in [0.2, 0.25) is 0 Å². The second kappa shape index (κ2) is 5.07. The van der Waals surface area contributed by atoms with Crippen molar-refractivity contribution in [2.45, 2.75) is 18.9 Å². The van der Waals surface area contributed by atoms with Gasteiger partial charge >= 0.3 is 0 Å². The Morgan fingerprint density at radius 3 is 2.92 bits per heavy atom. The smallest absolute Gasteiger partial charge is 0.169 e. The van der Waals surface area contributed by atoms with Crippen LogP contribution >= 0.6 is 15.9 Å². The first-order valence-corrected chi connectivity index (χ1v) is 4.72. The minimum absolute atomic E-state index is 0.0117. The fourth-order valence-electron chi connectivity index (χ4n) is 1.05. The molecule has 0 radical (unpaired) electrons. The summed E-state index contributed by atoms with van der Waals surface area (Å²) in [6.07, 6.45) is 6.60. The van der Waals surface area contributed by atoms with E-state index in [1.807, 2.05) is 12.1 Å². The average Bonchev–Trinajstić information content (AvgIpc) is 2.54. The number of nitrogens with two attached hydrogens (primary N) is 1. The maximum Gasteiger partial charge on any atom is 0.169 e. The maximum absolute atomic E-state index is 5.36. The number of terminal acetylenes is 1. The molecule has 0 bridgehead atoms. The molecule has 1 rings (SSSR count). The highest BCUT2D eigenvalue weighted by Gasteiger charge is 2.12. The molecular formula is C9H11BrN2O. The lowest BCUT2D eigenvalue weighted by molar-refractivity contribution is 0.394. The molecule has 0 saturated heterocycles. The average molecular weight is 243 g/mol. The van der Waals surface area contributed by atoms with E-state index >= 15 is 0 Å². The van der Waals surface area contributed by atoms with E-state index in [9.17, 15) is 0 Å².